The van der Waals surface area contributed by atoms with Crippen molar-refractivity contribution in [2.75, 3.05) is 31.6 Å². The number of hydrogen-bond donors (Lipinski definition) is 1. The van der Waals surface area contributed by atoms with E-state index < -0.39 is 14.9 Å². The number of aryl methyl sites for hydroxylation is 1. The van der Waals surface area contributed by atoms with Gasteiger partial charge >= 0.3 is 0 Å². The molecule has 3 rings (SSSR count). The number of hydrogen-bond acceptors (Lipinski definition) is 8. The van der Waals surface area contributed by atoms with Gasteiger partial charge in [0.1, 0.15) is 4.90 Å². The van der Waals surface area contributed by atoms with Crippen LogP contribution in [0.25, 0.3) is 0 Å². The monoisotopic (exact) mass is 382 g/mol. The van der Waals surface area contributed by atoms with Crippen LogP contribution in [-0.4, -0.2) is 49.1 Å². The van der Waals surface area contributed by atoms with Crippen LogP contribution in [-0.2, 0) is 21.3 Å². The minimum absolute atomic E-state index is 0.148. The van der Waals surface area contributed by atoms with Crippen LogP contribution in [0.3, 0.4) is 0 Å². The molecule has 10 nitrogen and oxygen atoms in total. The lowest BCUT2D eigenvalue weighted by atomic mass is 10.2. The fourth-order valence-electron chi connectivity index (χ4n) is 2.59. The zero-order valence-corrected chi connectivity index (χ0v) is 14.9. The second-order valence-corrected chi connectivity index (χ2v) is 7.65. The number of aromatic nitrogens is 1. The minimum atomic E-state index is -3.91. The summed E-state index contributed by atoms with van der Waals surface area (Å²) >= 11 is 0. The normalized spacial score (nSPS) is 15.7. The molecule has 2 aromatic rings. The topological polar surface area (TPSA) is 128 Å². The lowest BCUT2D eigenvalue weighted by Gasteiger charge is -2.26. The van der Waals surface area contributed by atoms with Crippen molar-refractivity contribution in [3.63, 3.8) is 0 Å². The van der Waals surface area contributed by atoms with E-state index in [-0.39, 0.29) is 49.1 Å². The summed E-state index contributed by atoms with van der Waals surface area (Å²) in [6.07, 6.45) is 0. The molecule has 26 heavy (non-hydrogen) atoms. The third-order valence-electron chi connectivity index (χ3n) is 3.89. The van der Waals surface area contributed by atoms with Gasteiger partial charge in [-0.05, 0) is 13.0 Å². The van der Waals surface area contributed by atoms with Crippen molar-refractivity contribution in [1.29, 1.82) is 0 Å². The van der Waals surface area contributed by atoms with Crippen molar-refractivity contribution < 1.29 is 22.6 Å². The van der Waals surface area contributed by atoms with Gasteiger partial charge in [-0.1, -0.05) is 5.16 Å². The third kappa shape index (κ3) is 3.84. The van der Waals surface area contributed by atoms with E-state index in [0.29, 0.717) is 11.5 Å². The summed E-state index contributed by atoms with van der Waals surface area (Å²) < 4.78 is 37.5. The van der Waals surface area contributed by atoms with E-state index in [1.807, 2.05) is 0 Å². The summed E-state index contributed by atoms with van der Waals surface area (Å²) in [7, 11) is -3.91. The first-order valence-corrected chi connectivity index (χ1v) is 9.34. The van der Waals surface area contributed by atoms with Crippen LogP contribution >= 0.6 is 0 Å². The van der Waals surface area contributed by atoms with Crippen LogP contribution in [0.2, 0.25) is 0 Å². The standard InChI is InChI=1S/C15H18N4O6S/c1-11-8-13(25-17-11)10-16-14-3-2-12(19(20)21)9-15(14)26(22,23)18-4-6-24-7-5-18/h2-3,8-9,16H,4-7,10H2,1H3. The molecule has 1 fully saturated rings. The third-order valence-corrected chi connectivity index (χ3v) is 5.83. The summed E-state index contributed by atoms with van der Waals surface area (Å²) in [5.74, 6) is 0.524. The molecule has 1 aliphatic heterocycles. The van der Waals surface area contributed by atoms with Gasteiger partial charge in [-0.15, -0.1) is 0 Å². The van der Waals surface area contributed by atoms with Gasteiger partial charge in [0.15, 0.2) is 5.76 Å². The van der Waals surface area contributed by atoms with Gasteiger partial charge in [0.05, 0.1) is 36.1 Å². The van der Waals surface area contributed by atoms with Gasteiger partial charge in [-0.25, -0.2) is 8.42 Å². The first-order valence-electron chi connectivity index (χ1n) is 7.90. The highest BCUT2D eigenvalue weighted by Crippen LogP contribution is 2.30. The molecule has 1 aromatic heterocycles. The molecule has 2 heterocycles. The maximum Gasteiger partial charge on any atom is 0.270 e. The molecule has 140 valence electrons. The maximum atomic E-state index is 13.0. The van der Waals surface area contributed by atoms with Gasteiger partial charge in [-0.2, -0.15) is 4.31 Å². The Bertz CT molecular complexity index is 905. The highest BCUT2D eigenvalue weighted by Gasteiger charge is 2.30. The van der Waals surface area contributed by atoms with Crippen molar-refractivity contribution in [3.8, 4) is 0 Å². The lowest BCUT2D eigenvalue weighted by Crippen LogP contribution is -2.40. The molecule has 1 aromatic carbocycles. The Morgan fingerprint density at radius 1 is 1.31 bits per heavy atom. The van der Waals surface area contributed by atoms with Crippen LogP contribution in [0, 0.1) is 17.0 Å². The Balaban J connectivity index is 1.94. The Kier molecular flexibility index (Phi) is 5.20. The number of nitrogens with zero attached hydrogens (tertiary/aromatic N) is 3. The van der Waals surface area contributed by atoms with Gasteiger partial charge in [-0.3, -0.25) is 10.1 Å². The molecule has 0 aliphatic carbocycles. The first-order chi connectivity index (χ1) is 12.4. The molecule has 0 atom stereocenters. The number of rotatable bonds is 6. The number of nitro groups is 1. The smallest absolute Gasteiger partial charge is 0.270 e. The second-order valence-electron chi connectivity index (χ2n) is 5.74. The summed E-state index contributed by atoms with van der Waals surface area (Å²) in [6, 6.07) is 5.42. The number of sulfonamides is 1. The molecule has 11 heteroatoms. The molecule has 0 spiro atoms. The molecule has 1 N–H and O–H groups in total. The number of nitro benzene ring substituents is 1. The number of benzene rings is 1. The molecular weight excluding hydrogens is 364 g/mol. The molecule has 1 aliphatic rings. The Morgan fingerprint density at radius 2 is 2.04 bits per heavy atom. The Labute approximate surface area is 149 Å². The van der Waals surface area contributed by atoms with E-state index in [1.165, 1.54) is 16.4 Å². The lowest BCUT2D eigenvalue weighted by molar-refractivity contribution is -0.385. The predicted octanol–water partition coefficient (Wildman–Crippen LogP) is 1.52. The van der Waals surface area contributed by atoms with Crippen molar-refractivity contribution in [2.45, 2.75) is 18.4 Å². The molecule has 1 saturated heterocycles. The summed E-state index contributed by atoms with van der Waals surface area (Å²) in [6.45, 7) is 2.94. The largest absolute Gasteiger partial charge is 0.379 e. The van der Waals surface area contributed by atoms with Crippen molar-refractivity contribution in [1.82, 2.24) is 9.46 Å². The van der Waals surface area contributed by atoms with Crippen molar-refractivity contribution in [2.24, 2.45) is 0 Å². The number of nitrogens with one attached hydrogen (secondary N) is 1. The second kappa shape index (κ2) is 7.40. The first kappa shape index (κ1) is 18.3. The molecule has 0 saturated carbocycles. The fraction of sp³-hybridized carbons (Fsp3) is 0.400. The SMILES string of the molecule is Cc1cc(CNc2ccc([N+](=O)[O-])cc2S(=O)(=O)N2CCOCC2)on1. The van der Waals surface area contributed by atoms with Gasteiger partial charge in [0.25, 0.3) is 5.69 Å². The number of ether oxygens (including phenoxy) is 1. The van der Waals surface area contributed by atoms with E-state index in [2.05, 4.69) is 10.5 Å². The van der Waals surface area contributed by atoms with E-state index in [9.17, 15) is 18.5 Å². The van der Waals surface area contributed by atoms with Crippen LogP contribution in [0.15, 0.2) is 33.7 Å². The number of anilines is 1. The van der Waals surface area contributed by atoms with Crippen LogP contribution in [0.4, 0.5) is 11.4 Å². The van der Waals surface area contributed by atoms with Crippen molar-refractivity contribution in [3.05, 3.63) is 45.8 Å². The van der Waals surface area contributed by atoms with Gasteiger partial charge in [0.2, 0.25) is 10.0 Å². The van der Waals surface area contributed by atoms with Crippen molar-refractivity contribution >= 4 is 21.4 Å². The van der Waals surface area contributed by atoms with Gasteiger partial charge < -0.3 is 14.6 Å². The van der Waals surface area contributed by atoms with E-state index >= 15 is 0 Å². The Hall–Kier alpha value is -2.50. The van der Waals surface area contributed by atoms with E-state index in [1.54, 1.807) is 13.0 Å². The molecule has 0 radical (unpaired) electrons. The Morgan fingerprint density at radius 3 is 2.65 bits per heavy atom. The summed E-state index contributed by atoms with van der Waals surface area (Å²) in [5, 5.41) is 17.8. The summed E-state index contributed by atoms with van der Waals surface area (Å²) in [4.78, 5) is 10.3. The van der Waals surface area contributed by atoms with Crippen LogP contribution in [0.5, 0.6) is 0 Å². The zero-order valence-electron chi connectivity index (χ0n) is 14.0. The van der Waals surface area contributed by atoms with Crippen LogP contribution < -0.4 is 5.32 Å². The minimum Gasteiger partial charge on any atom is -0.379 e. The highest BCUT2D eigenvalue weighted by atomic mass is 32.2. The predicted molar refractivity (Wildman–Crippen MR) is 91.2 cm³/mol. The quantitative estimate of drug-likeness (QED) is 0.588. The van der Waals surface area contributed by atoms with E-state index in [4.69, 9.17) is 9.26 Å². The number of morpholine rings is 1. The molecular formula is C15H18N4O6S. The molecule has 0 unspecified atom stereocenters. The molecule has 0 bridgehead atoms. The maximum absolute atomic E-state index is 13.0. The number of non-ortho nitro benzene ring substituents is 1. The van der Waals surface area contributed by atoms with Crippen LogP contribution in [0.1, 0.15) is 11.5 Å². The fourth-order valence-corrected chi connectivity index (χ4v) is 4.19. The summed E-state index contributed by atoms with van der Waals surface area (Å²) in [5.41, 5.74) is 0.667. The van der Waals surface area contributed by atoms with Gasteiger partial charge in [0, 0.05) is 31.3 Å². The average Bonchev–Trinajstić information content (AvgIpc) is 3.05. The molecule has 0 amide bonds. The average molecular weight is 382 g/mol. The van der Waals surface area contributed by atoms with E-state index in [0.717, 1.165) is 6.07 Å². The zero-order chi connectivity index (χ0) is 18.7. The highest BCUT2D eigenvalue weighted by molar-refractivity contribution is 7.89.